The van der Waals surface area contributed by atoms with Crippen LogP contribution in [-0.4, -0.2) is 49.9 Å². The summed E-state index contributed by atoms with van der Waals surface area (Å²) in [5.41, 5.74) is 6.40. The summed E-state index contributed by atoms with van der Waals surface area (Å²) in [6.45, 7) is 27.4. The van der Waals surface area contributed by atoms with Gasteiger partial charge >= 0.3 is 14.2 Å². The summed E-state index contributed by atoms with van der Waals surface area (Å²) in [4.78, 5) is 0. The second-order valence-electron chi connectivity index (χ2n) is 20.0. The molecule has 2 fully saturated rings. The van der Waals surface area contributed by atoms with E-state index in [2.05, 4.69) is 168 Å². The molecule has 326 valence electrons. The highest BCUT2D eigenvalue weighted by atomic mass is 16.7. The fourth-order valence-electron chi connectivity index (χ4n) is 9.23. The highest BCUT2D eigenvalue weighted by Crippen LogP contribution is 2.56. The van der Waals surface area contributed by atoms with Gasteiger partial charge in [-0.15, -0.1) is 0 Å². The molecule has 0 N–H and O–H groups in total. The van der Waals surface area contributed by atoms with E-state index in [1.807, 2.05) is 0 Å². The Hall–Kier alpha value is -3.55. The molecule has 2 atom stereocenters. The summed E-state index contributed by atoms with van der Waals surface area (Å²) in [6.07, 6.45) is 9.47. The molecule has 4 aromatic rings. The van der Waals surface area contributed by atoms with Crippen LogP contribution in [0.4, 0.5) is 0 Å². The highest BCUT2D eigenvalue weighted by Gasteiger charge is 2.55. The van der Waals surface area contributed by atoms with Gasteiger partial charge in [-0.2, -0.15) is 0 Å². The Bertz CT molecular complexity index is 1920. The molecule has 1 aliphatic carbocycles. The van der Waals surface area contributed by atoms with Crippen LogP contribution in [0.5, 0.6) is 11.5 Å². The van der Waals surface area contributed by atoms with Gasteiger partial charge in [0.1, 0.15) is 11.5 Å². The zero-order valence-corrected chi connectivity index (χ0v) is 39.4. The average molecular weight is 827 g/mol. The van der Waals surface area contributed by atoms with Crippen LogP contribution in [0.25, 0.3) is 11.1 Å². The van der Waals surface area contributed by atoms with Crippen molar-refractivity contribution in [2.24, 2.45) is 11.8 Å². The molecule has 61 heavy (non-hydrogen) atoms. The minimum atomic E-state index is -0.721. The smallest absolute Gasteiger partial charge is 0.493 e. The van der Waals surface area contributed by atoms with Gasteiger partial charge in [-0.25, -0.2) is 0 Å². The normalized spacial score (nSPS) is 20.0. The monoisotopic (exact) mass is 827 g/mol. The van der Waals surface area contributed by atoms with Gasteiger partial charge in [0.25, 0.3) is 0 Å². The zero-order valence-electron chi connectivity index (χ0n) is 39.4. The van der Waals surface area contributed by atoms with Crippen molar-refractivity contribution < 1.29 is 28.1 Å². The second-order valence-corrected chi connectivity index (χ2v) is 20.0. The van der Waals surface area contributed by atoms with Crippen LogP contribution in [0.15, 0.2) is 84.9 Å². The number of fused-ring (bicyclic) bond motifs is 3. The van der Waals surface area contributed by atoms with E-state index in [9.17, 15) is 0 Å². The topological polar surface area (TPSA) is 55.4 Å². The maximum Gasteiger partial charge on any atom is 0.494 e. The molecular formula is C53H72B2O6. The van der Waals surface area contributed by atoms with E-state index >= 15 is 0 Å². The Kier molecular flexibility index (Phi) is 13.3. The maximum atomic E-state index is 6.69. The number of benzene rings is 4. The van der Waals surface area contributed by atoms with Gasteiger partial charge in [0.2, 0.25) is 0 Å². The van der Waals surface area contributed by atoms with E-state index in [0.717, 1.165) is 59.6 Å². The number of unbranched alkanes of at least 4 members (excludes halogenated alkanes) is 2. The molecule has 2 saturated heterocycles. The van der Waals surface area contributed by atoms with Gasteiger partial charge in [0.05, 0.1) is 41.0 Å². The Morgan fingerprint density at radius 1 is 0.475 bits per heavy atom. The second kappa shape index (κ2) is 17.9. The Labute approximate surface area is 369 Å². The van der Waals surface area contributed by atoms with E-state index in [-0.39, 0.29) is 0 Å². The summed E-state index contributed by atoms with van der Waals surface area (Å²) in [6, 6.07) is 31.3. The van der Waals surface area contributed by atoms with Crippen molar-refractivity contribution in [3.05, 3.63) is 107 Å². The van der Waals surface area contributed by atoms with E-state index in [4.69, 9.17) is 28.1 Å². The molecule has 3 aliphatic rings. The third-order valence-corrected chi connectivity index (χ3v) is 14.9. The number of hydrogen-bond donors (Lipinski definition) is 0. The molecule has 0 saturated carbocycles. The van der Waals surface area contributed by atoms with Crippen LogP contribution in [-0.2, 0) is 24.0 Å². The Morgan fingerprint density at radius 3 is 1.13 bits per heavy atom. The van der Waals surface area contributed by atoms with Gasteiger partial charge in [0.15, 0.2) is 0 Å². The van der Waals surface area contributed by atoms with Crippen LogP contribution < -0.4 is 20.4 Å². The zero-order chi connectivity index (χ0) is 43.8. The van der Waals surface area contributed by atoms with Gasteiger partial charge in [-0.05, 0) is 149 Å². The molecular weight excluding hydrogens is 754 g/mol. The summed E-state index contributed by atoms with van der Waals surface area (Å²) in [7, 11) is -1.02. The first-order chi connectivity index (χ1) is 29.0. The first-order valence-electron chi connectivity index (χ1n) is 23.5. The number of hydrogen-bond acceptors (Lipinski definition) is 6. The van der Waals surface area contributed by atoms with Crippen molar-refractivity contribution in [3.63, 3.8) is 0 Å². The summed E-state index contributed by atoms with van der Waals surface area (Å²) < 4.78 is 39.8. The van der Waals surface area contributed by atoms with Crippen molar-refractivity contribution in [2.75, 3.05) is 13.2 Å². The lowest BCUT2D eigenvalue weighted by Crippen LogP contribution is -2.41. The molecule has 2 unspecified atom stereocenters. The highest BCUT2D eigenvalue weighted by molar-refractivity contribution is 6.62. The molecule has 8 heteroatoms. The van der Waals surface area contributed by atoms with Gasteiger partial charge in [-0.3, -0.25) is 0 Å². The van der Waals surface area contributed by atoms with E-state index in [1.165, 1.54) is 60.8 Å². The lowest BCUT2D eigenvalue weighted by molar-refractivity contribution is 0.00578. The minimum Gasteiger partial charge on any atom is -0.493 e. The molecule has 0 aromatic heterocycles. The standard InChI is InChI=1S/C53H72B2O6/c1-13-17-19-37(15-3)35-56-43-27-21-39(22-28-43)53(40-23-29-44(30-24-40)57-36-38(16-4)20-18-14-2)47-33-41(54-58-49(5,6)50(7,8)59-54)25-31-45(47)46-32-26-42(34-48(46)53)55-60-51(9,10)52(11,12)61-55/h21-34,37-38H,13-20,35-36H2,1-12H3. The van der Waals surface area contributed by atoms with Crippen LogP contribution in [0.2, 0.25) is 0 Å². The van der Waals surface area contributed by atoms with Crippen LogP contribution >= 0.6 is 0 Å². The molecule has 0 spiro atoms. The van der Waals surface area contributed by atoms with E-state index in [0.29, 0.717) is 11.8 Å². The molecule has 0 radical (unpaired) electrons. The average Bonchev–Trinajstić information content (AvgIpc) is 3.75. The van der Waals surface area contributed by atoms with Gasteiger partial charge in [-0.1, -0.05) is 127 Å². The van der Waals surface area contributed by atoms with E-state index in [1.54, 1.807) is 0 Å². The van der Waals surface area contributed by atoms with Crippen molar-refractivity contribution in [1.29, 1.82) is 0 Å². The van der Waals surface area contributed by atoms with Crippen molar-refractivity contribution in [2.45, 2.75) is 162 Å². The van der Waals surface area contributed by atoms with Gasteiger partial charge < -0.3 is 28.1 Å². The van der Waals surface area contributed by atoms with Gasteiger partial charge in [0, 0.05) is 0 Å². The van der Waals surface area contributed by atoms with Crippen LogP contribution in [0, 0.1) is 11.8 Å². The van der Waals surface area contributed by atoms with Crippen LogP contribution in [0.3, 0.4) is 0 Å². The summed E-state index contributed by atoms with van der Waals surface area (Å²) in [5, 5.41) is 0. The van der Waals surface area contributed by atoms with Crippen molar-refractivity contribution in [3.8, 4) is 22.6 Å². The molecule has 0 amide bonds. The summed E-state index contributed by atoms with van der Waals surface area (Å²) in [5.74, 6) is 2.87. The predicted octanol–water partition coefficient (Wildman–Crippen LogP) is 11.8. The largest absolute Gasteiger partial charge is 0.494 e. The first-order valence-corrected chi connectivity index (χ1v) is 23.5. The summed E-state index contributed by atoms with van der Waals surface area (Å²) >= 11 is 0. The number of ether oxygens (including phenoxy) is 2. The Balaban J connectivity index is 1.38. The molecule has 4 aromatic carbocycles. The Morgan fingerprint density at radius 2 is 0.820 bits per heavy atom. The fraction of sp³-hybridized carbons (Fsp3) is 0.547. The lowest BCUT2D eigenvalue weighted by Gasteiger charge is -2.35. The molecule has 2 heterocycles. The van der Waals surface area contributed by atoms with E-state index < -0.39 is 42.1 Å². The van der Waals surface area contributed by atoms with Crippen molar-refractivity contribution >= 4 is 25.2 Å². The third kappa shape index (κ3) is 8.73. The molecule has 6 nitrogen and oxygen atoms in total. The first kappa shape index (κ1) is 45.5. The predicted molar refractivity (Wildman–Crippen MR) is 253 cm³/mol. The maximum absolute atomic E-state index is 6.69. The third-order valence-electron chi connectivity index (χ3n) is 14.9. The number of rotatable bonds is 18. The van der Waals surface area contributed by atoms with Crippen LogP contribution in [0.1, 0.15) is 157 Å². The minimum absolute atomic E-state index is 0.471. The fourth-order valence-corrected chi connectivity index (χ4v) is 9.23. The molecule has 2 aliphatic heterocycles. The lowest BCUT2D eigenvalue weighted by atomic mass is 9.65. The molecule has 7 rings (SSSR count). The van der Waals surface area contributed by atoms with Crippen molar-refractivity contribution in [1.82, 2.24) is 0 Å². The SMILES string of the molecule is CCCCC(CC)COc1ccc(C2(c3ccc(OCC(CC)CCCC)cc3)c3cc(B4OC(C)(C)C(C)(C)O4)ccc3-c3ccc(B4OC(C)(C)C(C)(C)O4)cc32)cc1. The quantitative estimate of drug-likeness (QED) is 0.0820. The molecule has 0 bridgehead atoms.